The lowest BCUT2D eigenvalue weighted by atomic mass is 10.0. The van der Waals surface area contributed by atoms with Crippen LogP contribution in [0, 0.1) is 6.92 Å². The first-order valence-electron chi connectivity index (χ1n) is 7.47. The summed E-state index contributed by atoms with van der Waals surface area (Å²) < 4.78 is 5.39. The largest absolute Gasteiger partial charge is 0.496 e. The van der Waals surface area contributed by atoms with E-state index in [1.54, 1.807) is 25.6 Å². The lowest BCUT2D eigenvalue weighted by Gasteiger charge is -2.18. The van der Waals surface area contributed by atoms with Gasteiger partial charge in [0.15, 0.2) is 0 Å². The van der Waals surface area contributed by atoms with Crippen LogP contribution in [0.4, 0.5) is 0 Å². The molecule has 2 N–H and O–H groups in total. The second kappa shape index (κ2) is 6.12. The average molecular weight is 309 g/mol. The van der Waals surface area contributed by atoms with E-state index in [1.807, 2.05) is 38.1 Å². The van der Waals surface area contributed by atoms with Crippen LogP contribution >= 0.6 is 0 Å². The Balaban J connectivity index is 1.83. The van der Waals surface area contributed by atoms with Crippen molar-refractivity contribution >= 4 is 16.9 Å². The molecule has 0 aliphatic heterocycles. The van der Waals surface area contributed by atoms with Crippen LogP contribution in [0.1, 0.15) is 34.5 Å². The zero-order valence-electron chi connectivity index (χ0n) is 13.4. The van der Waals surface area contributed by atoms with Gasteiger partial charge in [-0.25, -0.2) is 4.98 Å². The quantitative estimate of drug-likeness (QED) is 0.776. The first-order chi connectivity index (χ1) is 11.1. The number of methoxy groups -OCH3 is 1. The molecule has 3 rings (SSSR count). The molecule has 5 nitrogen and oxygen atoms in total. The molecular formula is C18H19N3O2. The smallest absolute Gasteiger partial charge is 0.251 e. The summed E-state index contributed by atoms with van der Waals surface area (Å²) in [6.45, 7) is 3.97. The van der Waals surface area contributed by atoms with E-state index in [9.17, 15) is 4.79 Å². The predicted molar refractivity (Wildman–Crippen MR) is 89.7 cm³/mol. The number of nitrogens with one attached hydrogen (secondary N) is 2. The molecule has 1 heterocycles. The molecule has 0 aliphatic rings. The molecule has 1 amide bonds. The maximum absolute atomic E-state index is 12.5. The van der Waals surface area contributed by atoms with Crippen LogP contribution in [0.5, 0.6) is 5.75 Å². The normalized spacial score (nSPS) is 12.1. The Bertz CT molecular complexity index is 854. The number of carbonyl (C=O) groups excluding carboxylic acids is 1. The molecule has 1 atom stereocenters. The summed E-state index contributed by atoms with van der Waals surface area (Å²) in [4.78, 5) is 19.7. The number of nitrogens with zero attached hydrogens (tertiary/aromatic N) is 1. The Hall–Kier alpha value is -2.82. The summed E-state index contributed by atoms with van der Waals surface area (Å²) in [6.07, 6.45) is 1.62. The van der Waals surface area contributed by atoms with Crippen LogP contribution in [0.2, 0.25) is 0 Å². The predicted octanol–water partition coefficient (Wildman–Crippen LogP) is 3.37. The number of carbonyl (C=O) groups is 1. The van der Waals surface area contributed by atoms with Crippen LogP contribution in [0.25, 0.3) is 11.0 Å². The Kier molecular flexibility index (Phi) is 4.02. The minimum Gasteiger partial charge on any atom is -0.496 e. The third kappa shape index (κ3) is 3.04. The van der Waals surface area contributed by atoms with Crippen molar-refractivity contribution < 1.29 is 9.53 Å². The van der Waals surface area contributed by atoms with Crippen molar-refractivity contribution in [1.82, 2.24) is 15.3 Å². The maximum atomic E-state index is 12.5. The summed E-state index contributed by atoms with van der Waals surface area (Å²) in [5.74, 6) is 0.643. The van der Waals surface area contributed by atoms with Crippen molar-refractivity contribution in [3.05, 3.63) is 59.4 Å². The number of benzene rings is 2. The summed E-state index contributed by atoms with van der Waals surface area (Å²) in [5, 5.41) is 3.02. The molecule has 1 aromatic heterocycles. The number of fused-ring (bicyclic) bond motifs is 1. The highest BCUT2D eigenvalue weighted by Gasteiger charge is 2.16. The standard InChI is InChI=1S/C18H19N3O2/c1-11-4-7-17(23-3)14(8-11)12(2)21-18(22)13-5-6-15-16(9-13)20-10-19-15/h4-10,12H,1-3H3,(H,19,20)(H,21,22)/t12-/m1/s1. The molecule has 0 bridgehead atoms. The van der Waals surface area contributed by atoms with Crippen molar-refractivity contribution in [1.29, 1.82) is 0 Å². The number of aromatic nitrogens is 2. The van der Waals surface area contributed by atoms with Gasteiger partial charge in [-0.05, 0) is 38.1 Å². The SMILES string of the molecule is COc1ccc(C)cc1[C@@H](C)NC(=O)c1ccc2nc[nH]c2c1. The number of imidazole rings is 1. The number of aryl methyl sites for hydroxylation is 1. The Labute approximate surface area is 134 Å². The van der Waals surface area contributed by atoms with Crippen molar-refractivity contribution in [2.45, 2.75) is 19.9 Å². The lowest BCUT2D eigenvalue weighted by molar-refractivity contribution is 0.0939. The highest BCUT2D eigenvalue weighted by molar-refractivity contribution is 5.97. The topological polar surface area (TPSA) is 67.0 Å². The molecule has 0 unspecified atom stereocenters. The van der Waals surface area contributed by atoms with Gasteiger partial charge < -0.3 is 15.0 Å². The molecule has 0 saturated heterocycles. The molecule has 0 fully saturated rings. The fraction of sp³-hybridized carbons (Fsp3) is 0.222. The third-order valence-corrected chi connectivity index (χ3v) is 3.88. The number of H-pyrrole nitrogens is 1. The number of hydrogen-bond donors (Lipinski definition) is 2. The molecule has 0 spiro atoms. The molecule has 23 heavy (non-hydrogen) atoms. The first kappa shape index (κ1) is 15.1. The monoisotopic (exact) mass is 309 g/mol. The van der Waals surface area contributed by atoms with Crippen LogP contribution in [0.3, 0.4) is 0 Å². The Morgan fingerprint density at radius 1 is 1.26 bits per heavy atom. The Morgan fingerprint density at radius 2 is 2.09 bits per heavy atom. The van der Waals surface area contributed by atoms with E-state index in [1.165, 1.54) is 0 Å². The first-order valence-corrected chi connectivity index (χ1v) is 7.47. The summed E-state index contributed by atoms with van der Waals surface area (Å²) in [7, 11) is 1.63. The molecule has 5 heteroatoms. The number of ether oxygens (including phenoxy) is 1. The van der Waals surface area contributed by atoms with Crippen molar-refractivity contribution in [3.8, 4) is 5.75 Å². The van der Waals surface area contributed by atoms with Gasteiger partial charge in [0.25, 0.3) is 5.91 Å². The van der Waals surface area contributed by atoms with Gasteiger partial charge in [0.1, 0.15) is 5.75 Å². The number of rotatable bonds is 4. The van der Waals surface area contributed by atoms with Gasteiger partial charge in [0.05, 0.1) is 30.5 Å². The Morgan fingerprint density at radius 3 is 2.87 bits per heavy atom. The fourth-order valence-electron chi connectivity index (χ4n) is 2.63. The molecule has 0 saturated carbocycles. The van der Waals surface area contributed by atoms with Gasteiger partial charge in [0, 0.05) is 11.1 Å². The second-order valence-corrected chi connectivity index (χ2v) is 5.58. The van der Waals surface area contributed by atoms with Gasteiger partial charge >= 0.3 is 0 Å². The van der Waals surface area contributed by atoms with E-state index >= 15 is 0 Å². The van der Waals surface area contributed by atoms with Gasteiger partial charge in [-0.1, -0.05) is 17.7 Å². The lowest BCUT2D eigenvalue weighted by Crippen LogP contribution is -2.27. The minimum absolute atomic E-state index is 0.127. The van der Waals surface area contributed by atoms with Gasteiger partial charge in [-0.3, -0.25) is 4.79 Å². The summed E-state index contributed by atoms with van der Waals surface area (Å²) >= 11 is 0. The molecule has 2 aromatic carbocycles. The third-order valence-electron chi connectivity index (χ3n) is 3.88. The molecule has 3 aromatic rings. The molecule has 118 valence electrons. The van der Waals surface area contributed by atoms with E-state index in [2.05, 4.69) is 15.3 Å². The van der Waals surface area contributed by atoms with Crippen LogP contribution in [-0.4, -0.2) is 23.0 Å². The van der Waals surface area contributed by atoms with E-state index in [0.29, 0.717) is 5.56 Å². The summed E-state index contributed by atoms with van der Waals surface area (Å²) in [6, 6.07) is 11.2. The zero-order chi connectivity index (χ0) is 16.4. The van der Waals surface area contributed by atoms with Crippen LogP contribution in [-0.2, 0) is 0 Å². The number of aromatic amines is 1. The molecular weight excluding hydrogens is 290 g/mol. The average Bonchev–Trinajstić information content (AvgIpc) is 3.02. The van der Waals surface area contributed by atoms with E-state index < -0.39 is 0 Å². The van der Waals surface area contributed by atoms with Crippen molar-refractivity contribution in [2.24, 2.45) is 0 Å². The van der Waals surface area contributed by atoms with Crippen LogP contribution in [0.15, 0.2) is 42.7 Å². The van der Waals surface area contributed by atoms with Crippen LogP contribution < -0.4 is 10.1 Å². The fourth-order valence-corrected chi connectivity index (χ4v) is 2.63. The molecule has 0 radical (unpaired) electrons. The van der Waals surface area contributed by atoms with E-state index in [4.69, 9.17) is 4.74 Å². The van der Waals surface area contributed by atoms with E-state index in [0.717, 1.165) is 27.9 Å². The van der Waals surface area contributed by atoms with E-state index in [-0.39, 0.29) is 11.9 Å². The minimum atomic E-state index is -0.158. The second-order valence-electron chi connectivity index (χ2n) is 5.58. The van der Waals surface area contributed by atoms with Crippen molar-refractivity contribution in [2.75, 3.05) is 7.11 Å². The van der Waals surface area contributed by atoms with Gasteiger partial charge in [0.2, 0.25) is 0 Å². The maximum Gasteiger partial charge on any atom is 0.251 e. The highest BCUT2D eigenvalue weighted by Crippen LogP contribution is 2.26. The summed E-state index contributed by atoms with van der Waals surface area (Å²) in [5.41, 5.74) is 4.37. The molecule has 0 aliphatic carbocycles. The number of hydrogen-bond acceptors (Lipinski definition) is 3. The highest BCUT2D eigenvalue weighted by atomic mass is 16.5. The number of amides is 1. The van der Waals surface area contributed by atoms with Gasteiger partial charge in [-0.15, -0.1) is 0 Å². The zero-order valence-corrected chi connectivity index (χ0v) is 13.4. The van der Waals surface area contributed by atoms with Crippen molar-refractivity contribution in [3.63, 3.8) is 0 Å². The van der Waals surface area contributed by atoms with Gasteiger partial charge in [-0.2, -0.15) is 0 Å².